The molecule has 1 aromatic carbocycles. The van der Waals surface area contributed by atoms with Crippen molar-refractivity contribution in [3.8, 4) is 11.5 Å². The third kappa shape index (κ3) is 2.98. The van der Waals surface area contributed by atoms with Crippen LogP contribution in [0.4, 0.5) is 0 Å². The van der Waals surface area contributed by atoms with E-state index in [1.54, 1.807) is 7.11 Å². The molecule has 0 unspecified atom stereocenters. The average molecular weight is 300 g/mol. The van der Waals surface area contributed by atoms with E-state index in [4.69, 9.17) is 9.47 Å². The highest BCUT2D eigenvalue weighted by Gasteiger charge is 2.18. The van der Waals surface area contributed by atoms with Crippen molar-refractivity contribution in [3.05, 3.63) is 30.0 Å². The average Bonchev–Trinajstić information content (AvgIpc) is 3.06. The van der Waals surface area contributed by atoms with E-state index >= 15 is 0 Å². The lowest BCUT2D eigenvalue weighted by Gasteiger charge is -2.16. The first-order valence-electron chi connectivity index (χ1n) is 7.53. The minimum Gasteiger partial charge on any atom is -0.497 e. The smallest absolute Gasteiger partial charge is 0.260 e. The summed E-state index contributed by atoms with van der Waals surface area (Å²) in [6.07, 6.45) is 2.17. The number of pyridine rings is 1. The van der Waals surface area contributed by atoms with Crippen LogP contribution in [0.25, 0.3) is 10.9 Å². The standard InChI is InChI=1S/C17H20N2O3/c1-12-9-16(22-11-17(20)19-7-3-4-8-19)14-10-13(21-2)5-6-15(14)18-12/h5-6,9-10H,3-4,7-8,11H2,1-2H3. The Kier molecular flexibility index (Phi) is 4.13. The highest BCUT2D eigenvalue weighted by Crippen LogP contribution is 2.29. The van der Waals surface area contributed by atoms with Crippen LogP contribution in [0, 0.1) is 6.92 Å². The molecule has 0 radical (unpaired) electrons. The zero-order chi connectivity index (χ0) is 15.5. The Hall–Kier alpha value is -2.30. The minimum absolute atomic E-state index is 0.0445. The second-order valence-electron chi connectivity index (χ2n) is 5.52. The summed E-state index contributed by atoms with van der Waals surface area (Å²) in [5.74, 6) is 1.46. The molecular formula is C17H20N2O3. The van der Waals surface area contributed by atoms with E-state index in [0.29, 0.717) is 5.75 Å². The largest absolute Gasteiger partial charge is 0.497 e. The van der Waals surface area contributed by atoms with Gasteiger partial charge in [-0.3, -0.25) is 9.78 Å². The number of aryl methyl sites for hydroxylation is 1. The fourth-order valence-corrected chi connectivity index (χ4v) is 2.74. The molecule has 1 saturated heterocycles. The van der Waals surface area contributed by atoms with Gasteiger partial charge in [0.15, 0.2) is 6.61 Å². The number of aromatic nitrogens is 1. The van der Waals surface area contributed by atoms with Crippen LogP contribution in [0.15, 0.2) is 24.3 Å². The minimum atomic E-state index is 0.0445. The number of rotatable bonds is 4. The summed E-state index contributed by atoms with van der Waals surface area (Å²) in [7, 11) is 1.63. The lowest BCUT2D eigenvalue weighted by atomic mass is 10.1. The van der Waals surface area contributed by atoms with Gasteiger partial charge in [0.1, 0.15) is 11.5 Å². The number of ether oxygens (including phenoxy) is 2. The predicted molar refractivity (Wildman–Crippen MR) is 84.3 cm³/mol. The fraction of sp³-hybridized carbons (Fsp3) is 0.412. The number of benzene rings is 1. The van der Waals surface area contributed by atoms with Crippen molar-refractivity contribution < 1.29 is 14.3 Å². The number of fused-ring (bicyclic) bond motifs is 1. The van der Waals surface area contributed by atoms with Gasteiger partial charge in [-0.2, -0.15) is 0 Å². The molecule has 1 aliphatic heterocycles. The molecule has 2 aromatic rings. The van der Waals surface area contributed by atoms with Crippen LogP contribution in [-0.2, 0) is 4.79 Å². The van der Waals surface area contributed by atoms with Crippen LogP contribution < -0.4 is 9.47 Å². The summed E-state index contributed by atoms with van der Waals surface area (Å²) in [5.41, 5.74) is 1.70. The van der Waals surface area contributed by atoms with Gasteiger partial charge in [0.25, 0.3) is 5.91 Å². The first-order valence-corrected chi connectivity index (χ1v) is 7.53. The molecule has 0 atom stereocenters. The van der Waals surface area contributed by atoms with Crippen LogP contribution in [0.2, 0.25) is 0 Å². The first-order chi connectivity index (χ1) is 10.7. The fourth-order valence-electron chi connectivity index (χ4n) is 2.74. The summed E-state index contributed by atoms with van der Waals surface area (Å²) in [5, 5.41) is 0.860. The van der Waals surface area contributed by atoms with E-state index in [0.717, 1.165) is 48.3 Å². The van der Waals surface area contributed by atoms with Crippen LogP contribution in [-0.4, -0.2) is 42.6 Å². The molecule has 0 aliphatic carbocycles. The van der Waals surface area contributed by atoms with Crippen LogP contribution in [0.5, 0.6) is 11.5 Å². The van der Waals surface area contributed by atoms with Crippen molar-refractivity contribution in [2.75, 3.05) is 26.8 Å². The van der Waals surface area contributed by atoms with Gasteiger partial charge in [0.05, 0.1) is 12.6 Å². The summed E-state index contributed by atoms with van der Waals surface area (Å²) in [6, 6.07) is 7.51. The molecule has 0 bridgehead atoms. The Bertz CT molecular complexity index is 694. The molecule has 5 nitrogen and oxygen atoms in total. The maximum atomic E-state index is 12.1. The van der Waals surface area contributed by atoms with Crippen molar-refractivity contribution in [3.63, 3.8) is 0 Å². The van der Waals surface area contributed by atoms with E-state index in [1.807, 2.05) is 36.1 Å². The van der Waals surface area contributed by atoms with Gasteiger partial charge in [-0.1, -0.05) is 0 Å². The van der Waals surface area contributed by atoms with Gasteiger partial charge in [0.2, 0.25) is 0 Å². The maximum Gasteiger partial charge on any atom is 0.260 e. The Morgan fingerprint density at radius 3 is 2.77 bits per heavy atom. The van der Waals surface area contributed by atoms with Crippen molar-refractivity contribution in [1.82, 2.24) is 9.88 Å². The monoisotopic (exact) mass is 300 g/mol. The van der Waals surface area contributed by atoms with E-state index in [-0.39, 0.29) is 12.5 Å². The molecule has 1 amide bonds. The van der Waals surface area contributed by atoms with Gasteiger partial charge in [0, 0.05) is 30.2 Å². The molecule has 1 aliphatic rings. The molecule has 116 valence electrons. The summed E-state index contributed by atoms with van der Waals surface area (Å²) in [6.45, 7) is 3.66. The molecule has 3 rings (SSSR count). The lowest BCUT2D eigenvalue weighted by Crippen LogP contribution is -2.32. The first kappa shape index (κ1) is 14.6. The number of nitrogens with zero attached hydrogens (tertiary/aromatic N) is 2. The van der Waals surface area contributed by atoms with Crippen molar-refractivity contribution in [1.29, 1.82) is 0 Å². The van der Waals surface area contributed by atoms with Gasteiger partial charge in [-0.05, 0) is 38.0 Å². The van der Waals surface area contributed by atoms with E-state index in [1.165, 1.54) is 0 Å². The molecule has 2 heterocycles. The van der Waals surface area contributed by atoms with E-state index in [2.05, 4.69) is 4.98 Å². The molecule has 22 heavy (non-hydrogen) atoms. The number of hydrogen-bond donors (Lipinski definition) is 0. The Balaban J connectivity index is 1.83. The SMILES string of the molecule is COc1ccc2nc(C)cc(OCC(=O)N3CCCC3)c2c1. The zero-order valence-electron chi connectivity index (χ0n) is 13.0. The normalized spacial score (nSPS) is 14.4. The molecule has 5 heteroatoms. The van der Waals surface area contributed by atoms with Crippen molar-refractivity contribution in [2.45, 2.75) is 19.8 Å². The Morgan fingerprint density at radius 2 is 2.05 bits per heavy atom. The third-order valence-electron chi connectivity index (χ3n) is 3.92. The Labute approximate surface area is 129 Å². The topological polar surface area (TPSA) is 51.7 Å². The summed E-state index contributed by atoms with van der Waals surface area (Å²) in [4.78, 5) is 18.5. The van der Waals surface area contributed by atoms with E-state index in [9.17, 15) is 4.79 Å². The molecule has 0 N–H and O–H groups in total. The number of carbonyl (C=O) groups is 1. The number of hydrogen-bond acceptors (Lipinski definition) is 4. The van der Waals surface area contributed by atoms with Crippen molar-refractivity contribution >= 4 is 16.8 Å². The van der Waals surface area contributed by atoms with Crippen LogP contribution in [0.1, 0.15) is 18.5 Å². The summed E-state index contributed by atoms with van der Waals surface area (Å²) < 4.78 is 11.0. The van der Waals surface area contributed by atoms with Crippen LogP contribution in [0.3, 0.4) is 0 Å². The maximum absolute atomic E-state index is 12.1. The molecule has 1 aromatic heterocycles. The van der Waals surface area contributed by atoms with E-state index < -0.39 is 0 Å². The summed E-state index contributed by atoms with van der Waals surface area (Å²) >= 11 is 0. The molecule has 0 spiro atoms. The van der Waals surface area contributed by atoms with Gasteiger partial charge >= 0.3 is 0 Å². The van der Waals surface area contributed by atoms with Crippen LogP contribution >= 0.6 is 0 Å². The third-order valence-corrected chi connectivity index (χ3v) is 3.92. The highest BCUT2D eigenvalue weighted by atomic mass is 16.5. The van der Waals surface area contributed by atoms with Gasteiger partial charge in [-0.25, -0.2) is 0 Å². The zero-order valence-corrected chi connectivity index (χ0v) is 13.0. The number of amides is 1. The quantitative estimate of drug-likeness (QED) is 0.871. The number of likely N-dealkylation sites (tertiary alicyclic amines) is 1. The molecular weight excluding hydrogens is 280 g/mol. The molecule has 0 saturated carbocycles. The van der Waals surface area contributed by atoms with Gasteiger partial charge in [-0.15, -0.1) is 0 Å². The second-order valence-corrected chi connectivity index (χ2v) is 5.52. The predicted octanol–water partition coefficient (Wildman–Crippen LogP) is 2.55. The Morgan fingerprint density at radius 1 is 1.27 bits per heavy atom. The number of methoxy groups -OCH3 is 1. The van der Waals surface area contributed by atoms with Crippen molar-refractivity contribution in [2.24, 2.45) is 0 Å². The van der Waals surface area contributed by atoms with Gasteiger partial charge < -0.3 is 14.4 Å². The lowest BCUT2D eigenvalue weighted by molar-refractivity contribution is -0.132. The number of carbonyl (C=O) groups excluding carboxylic acids is 1. The molecule has 1 fully saturated rings. The highest BCUT2D eigenvalue weighted by molar-refractivity contribution is 5.87. The second kappa shape index (κ2) is 6.22.